The van der Waals surface area contributed by atoms with Gasteiger partial charge in [0.15, 0.2) is 0 Å². The lowest BCUT2D eigenvalue weighted by Gasteiger charge is -2.11. The molecule has 1 heterocycles. The zero-order valence-corrected chi connectivity index (χ0v) is 10.7. The van der Waals surface area contributed by atoms with Crippen LogP contribution < -0.4 is 10.1 Å². The topological polar surface area (TPSA) is 21.3 Å². The number of nitrogens with one attached hydrogen (secondary N) is 1. The van der Waals surface area contributed by atoms with Gasteiger partial charge in [-0.3, -0.25) is 0 Å². The molecule has 1 aliphatic rings. The molecule has 1 N–H and O–H groups in total. The first kappa shape index (κ1) is 12.1. The summed E-state index contributed by atoms with van der Waals surface area (Å²) >= 11 is 2.29. The highest BCUT2D eigenvalue weighted by Gasteiger charge is 2.15. The average molecular weight is 326 g/mol. The second-order valence-electron chi connectivity index (χ2n) is 3.19. The monoisotopic (exact) mass is 325 g/mol. The lowest BCUT2D eigenvalue weighted by Crippen LogP contribution is -2.19. The summed E-state index contributed by atoms with van der Waals surface area (Å²) in [7, 11) is 0. The standard InChI is InChI=1S/C10H12INO.ClH/c11-8-1-3-9(4-2-8)13-10-5-6-12-7-10;/h1-4,10,12H,5-7H2;1H/t10-;/m1./s1. The molecule has 2 nitrogen and oxygen atoms in total. The molecule has 0 spiro atoms. The van der Waals surface area contributed by atoms with Crippen LogP contribution in [0.1, 0.15) is 6.42 Å². The number of hydrogen-bond acceptors (Lipinski definition) is 2. The number of halogens is 2. The van der Waals surface area contributed by atoms with E-state index in [1.807, 2.05) is 12.1 Å². The Morgan fingerprint density at radius 3 is 2.57 bits per heavy atom. The Balaban J connectivity index is 0.000000980. The van der Waals surface area contributed by atoms with Crippen molar-refractivity contribution >= 4 is 35.0 Å². The van der Waals surface area contributed by atoms with Crippen LogP contribution >= 0.6 is 35.0 Å². The molecule has 1 atom stereocenters. The van der Waals surface area contributed by atoms with Gasteiger partial charge < -0.3 is 10.1 Å². The highest BCUT2D eigenvalue weighted by Crippen LogP contribution is 2.16. The van der Waals surface area contributed by atoms with Crippen molar-refractivity contribution in [3.63, 3.8) is 0 Å². The molecule has 0 aromatic heterocycles. The third-order valence-corrected chi connectivity index (χ3v) is 2.85. The smallest absolute Gasteiger partial charge is 0.119 e. The van der Waals surface area contributed by atoms with Gasteiger partial charge >= 0.3 is 0 Å². The van der Waals surface area contributed by atoms with Crippen LogP contribution in [0.15, 0.2) is 24.3 Å². The minimum Gasteiger partial charge on any atom is -0.489 e. The summed E-state index contributed by atoms with van der Waals surface area (Å²) in [5, 5.41) is 3.28. The Bertz CT molecular complexity index is 272. The predicted octanol–water partition coefficient (Wildman–Crippen LogP) is 2.45. The lowest BCUT2D eigenvalue weighted by molar-refractivity contribution is 0.223. The lowest BCUT2D eigenvalue weighted by atomic mass is 10.3. The van der Waals surface area contributed by atoms with Gasteiger partial charge in [-0.1, -0.05) is 0 Å². The van der Waals surface area contributed by atoms with Gasteiger partial charge in [0, 0.05) is 10.1 Å². The first-order chi connectivity index (χ1) is 6.34. The Morgan fingerprint density at radius 1 is 1.29 bits per heavy atom. The van der Waals surface area contributed by atoms with Crippen LogP contribution in [0.4, 0.5) is 0 Å². The number of benzene rings is 1. The fraction of sp³-hybridized carbons (Fsp3) is 0.400. The molecule has 1 aliphatic heterocycles. The molecule has 2 rings (SSSR count). The molecule has 1 aromatic carbocycles. The van der Waals surface area contributed by atoms with Crippen molar-refractivity contribution < 1.29 is 4.74 Å². The maximum absolute atomic E-state index is 5.76. The van der Waals surface area contributed by atoms with Crippen LogP contribution in [0.5, 0.6) is 5.75 Å². The van der Waals surface area contributed by atoms with Crippen molar-refractivity contribution in [2.24, 2.45) is 0 Å². The Morgan fingerprint density at radius 2 is 2.00 bits per heavy atom. The van der Waals surface area contributed by atoms with Crippen LogP contribution in [0, 0.1) is 3.57 Å². The molecule has 4 heteroatoms. The van der Waals surface area contributed by atoms with Gasteiger partial charge in [-0.25, -0.2) is 0 Å². The van der Waals surface area contributed by atoms with E-state index in [0.717, 1.165) is 25.3 Å². The van der Waals surface area contributed by atoms with Gasteiger partial charge in [0.05, 0.1) is 0 Å². The van der Waals surface area contributed by atoms with Gasteiger partial charge in [0.1, 0.15) is 11.9 Å². The Labute approximate surface area is 104 Å². The minimum absolute atomic E-state index is 0. The van der Waals surface area contributed by atoms with Crippen LogP contribution in [-0.4, -0.2) is 19.2 Å². The summed E-state index contributed by atoms with van der Waals surface area (Å²) in [5.74, 6) is 0.981. The van der Waals surface area contributed by atoms with E-state index >= 15 is 0 Å². The number of hydrogen-bond donors (Lipinski definition) is 1. The SMILES string of the molecule is Cl.Ic1ccc(O[C@@H]2CCNC2)cc1. The third kappa shape index (κ3) is 3.29. The fourth-order valence-corrected chi connectivity index (χ4v) is 1.79. The zero-order chi connectivity index (χ0) is 9.10. The van der Waals surface area contributed by atoms with E-state index < -0.39 is 0 Å². The first-order valence-electron chi connectivity index (χ1n) is 4.47. The Hall–Kier alpha value is 0. The van der Waals surface area contributed by atoms with E-state index in [-0.39, 0.29) is 12.4 Å². The van der Waals surface area contributed by atoms with Crippen molar-refractivity contribution in [2.75, 3.05) is 13.1 Å². The second-order valence-corrected chi connectivity index (χ2v) is 4.43. The number of ether oxygens (including phenoxy) is 1. The van der Waals surface area contributed by atoms with Crippen LogP contribution in [0.3, 0.4) is 0 Å². The molecule has 0 saturated carbocycles. The maximum atomic E-state index is 5.76. The van der Waals surface area contributed by atoms with Crippen LogP contribution in [0.25, 0.3) is 0 Å². The first-order valence-corrected chi connectivity index (χ1v) is 5.55. The predicted molar refractivity (Wildman–Crippen MR) is 68.3 cm³/mol. The Kier molecular flexibility index (Phi) is 4.98. The van der Waals surface area contributed by atoms with Crippen molar-refractivity contribution in [1.82, 2.24) is 5.32 Å². The summed E-state index contributed by atoms with van der Waals surface area (Å²) in [6.45, 7) is 2.06. The summed E-state index contributed by atoms with van der Waals surface area (Å²) in [6.07, 6.45) is 1.48. The molecule has 1 fully saturated rings. The molecule has 0 aliphatic carbocycles. The largest absolute Gasteiger partial charge is 0.489 e. The number of rotatable bonds is 2. The second kappa shape index (κ2) is 5.78. The molecule has 1 saturated heterocycles. The van der Waals surface area contributed by atoms with Crippen molar-refractivity contribution in [3.05, 3.63) is 27.8 Å². The highest BCUT2D eigenvalue weighted by molar-refractivity contribution is 14.1. The molecule has 14 heavy (non-hydrogen) atoms. The third-order valence-electron chi connectivity index (χ3n) is 2.13. The summed E-state index contributed by atoms with van der Waals surface area (Å²) in [5.41, 5.74) is 0. The van der Waals surface area contributed by atoms with Gasteiger partial charge in [0.25, 0.3) is 0 Å². The van der Waals surface area contributed by atoms with E-state index in [4.69, 9.17) is 4.74 Å². The van der Waals surface area contributed by atoms with E-state index in [1.165, 1.54) is 3.57 Å². The van der Waals surface area contributed by atoms with Crippen molar-refractivity contribution in [3.8, 4) is 5.75 Å². The molecule has 0 unspecified atom stereocenters. The molecular formula is C10H13ClINO. The van der Waals surface area contributed by atoms with E-state index in [1.54, 1.807) is 0 Å². The van der Waals surface area contributed by atoms with Gasteiger partial charge in [-0.15, -0.1) is 12.4 Å². The molecule has 78 valence electrons. The highest BCUT2D eigenvalue weighted by atomic mass is 127. The molecule has 0 radical (unpaired) electrons. The van der Waals surface area contributed by atoms with E-state index in [9.17, 15) is 0 Å². The molecule has 0 bridgehead atoms. The minimum atomic E-state index is 0. The normalized spacial score (nSPS) is 20.2. The summed E-state index contributed by atoms with van der Waals surface area (Å²) in [6, 6.07) is 8.19. The molecule has 0 amide bonds. The van der Waals surface area contributed by atoms with Gasteiger partial charge in [0.2, 0.25) is 0 Å². The summed E-state index contributed by atoms with van der Waals surface area (Å²) < 4.78 is 7.01. The van der Waals surface area contributed by atoms with Gasteiger partial charge in [-0.2, -0.15) is 0 Å². The fourth-order valence-electron chi connectivity index (χ4n) is 1.43. The van der Waals surface area contributed by atoms with Crippen LogP contribution in [-0.2, 0) is 0 Å². The van der Waals surface area contributed by atoms with Crippen molar-refractivity contribution in [1.29, 1.82) is 0 Å². The van der Waals surface area contributed by atoms with Crippen LogP contribution in [0.2, 0.25) is 0 Å². The zero-order valence-electron chi connectivity index (χ0n) is 7.70. The summed E-state index contributed by atoms with van der Waals surface area (Å²) in [4.78, 5) is 0. The molecule has 1 aromatic rings. The maximum Gasteiger partial charge on any atom is 0.119 e. The quantitative estimate of drug-likeness (QED) is 0.844. The molecular weight excluding hydrogens is 312 g/mol. The van der Waals surface area contributed by atoms with Gasteiger partial charge in [-0.05, 0) is 59.8 Å². The average Bonchev–Trinajstić information content (AvgIpc) is 2.62. The van der Waals surface area contributed by atoms with Crippen molar-refractivity contribution in [2.45, 2.75) is 12.5 Å². The van der Waals surface area contributed by atoms with E-state index in [0.29, 0.717) is 6.10 Å². The van der Waals surface area contributed by atoms with E-state index in [2.05, 4.69) is 40.0 Å².